The lowest BCUT2D eigenvalue weighted by atomic mass is 10.1. The largest absolute Gasteiger partial charge is 0.362 e. The first kappa shape index (κ1) is 15.1. The number of hydrogen-bond acceptors (Lipinski definition) is 3. The average Bonchev–Trinajstić information content (AvgIpc) is 2.65. The summed E-state index contributed by atoms with van der Waals surface area (Å²) in [6.45, 7) is 5.87. The van der Waals surface area contributed by atoms with E-state index in [-0.39, 0.29) is 5.91 Å². The van der Waals surface area contributed by atoms with Crippen molar-refractivity contribution in [2.24, 2.45) is 0 Å². The van der Waals surface area contributed by atoms with Gasteiger partial charge in [-0.3, -0.25) is 4.79 Å². The summed E-state index contributed by atoms with van der Waals surface area (Å²) in [4.78, 5) is 13.8. The molecule has 20 heavy (non-hydrogen) atoms. The van der Waals surface area contributed by atoms with Crippen molar-refractivity contribution < 1.29 is 4.79 Å². The number of nitrogens with zero attached hydrogens (tertiary/aromatic N) is 1. The van der Waals surface area contributed by atoms with Gasteiger partial charge in [-0.15, -0.1) is 0 Å². The lowest BCUT2D eigenvalue weighted by molar-refractivity contribution is -0.119. The molecule has 110 valence electrons. The van der Waals surface area contributed by atoms with Crippen LogP contribution < -0.4 is 15.5 Å². The van der Waals surface area contributed by atoms with Crippen LogP contribution in [0.4, 0.5) is 5.69 Å². The number of halogens is 1. The highest BCUT2D eigenvalue weighted by Crippen LogP contribution is 2.28. The third-order valence-corrected chi connectivity index (χ3v) is 3.78. The van der Waals surface area contributed by atoms with Gasteiger partial charge in [-0.2, -0.15) is 0 Å². The Hall–Kier alpha value is -1.26. The van der Waals surface area contributed by atoms with E-state index in [1.54, 1.807) is 0 Å². The van der Waals surface area contributed by atoms with Crippen LogP contribution in [0.15, 0.2) is 18.2 Å². The molecule has 0 saturated carbocycles. The van der Waals surface area contributed by atoms with E-state index in [9.17, 15) is 4.79 Å². The molecule has 1 aromatic carbocycles. The first-order valence-electron chi connectivity index (χ1n) is 7.22. The minimum atomic E-state index is 0.0787. The molecule has 4 nitrogen and oxygen atoms in total. The molecule has 2 N–H and O–H groups in total. The molecule has 0 bridgehead atoms. The minimum Gasteiger partial charge on any atom is -0.362 e. The van der Waals surface area contributed by atoms with Crippen LogP contribution in [0, 0.1) is 0 Å². The third kappa shape index (κ3) is 3.87. The van der Waals surface area contributed by atoms with Gasteiger partial charge in [0.2, 0.25) is 5.91 Å². The number of amides is 1. The SMILES string of the molecule is CCCNCc1c(Cl)cccc1N1CCCNC(=O)C1. The maximum absolute atomic E-state index is 11.7. The van der Waals surface area contributed by atoms with Gasteiger partial charge < -0.3 is 15.5 Å². The molecule has 5 heteroatoms. The highest BCUT2D eigenvalue weighted by molar-refractivity contribution is 6.31. The van der Waals surface area contributed by atoms with Gasteiger partial charge in [-0.25, -0.2) is 0 Å². The van der Waals surface area contributed by atoms with Crippen molar-refractivity contribution in [3.05, 3.63) is 28.8 Å². The standard InChI is InChI=1S/C15H22ClN3O/c1-2-7-17-10-12-13(16)5-3-6-14(12)19-9-4-8-18-15(20)11-19/h3,5-6,17H,2,4,7-11H2,1H3,(H,18,20). The van der Waals surface area contributed by atoms with Gasteiger partial charge in [0.1, 0.15) is 0 Å². The van der Waals surface area contributed by atoms with E-state index in [1.807, 2.05) is 18.2 Å². The van der Waals surface area contributed by atoms with Crippen LogP contribution in [-0.2, 0) is 11.3 Å². The number of hydrogen-bond donors (Lipinski definition) is 2. The summed E-state index contributed by atoms with van der Waals surface area (Å²) in [7, 11) is 0. The maximum Gasteiger partial charge on any atom is 0.239 e. The number of carbonyl (C=O) groups is 1. The zero-order valence-electron chi connectivity index (χ0n) is 11.9. The van der Waals surface area contributed by atoms with E-state index in [0.29, 0.717) is 6.54 Å². The Kier molecular flexibility index (Phi) is 5.68. The van der Waals surface area contributed by atoms with Gasteiger partial charge in [-0.1, -0.05) is 24.6 Å². The molecular formula is C15H22ClN3O. The van der Waals surface area contributed by atoms with Crippen LogP contribution in [0.2, 0.25) is 5.02 Å². The monoisotopic (exact) mass is 295 g/mol. The van der Waals surface area contributed by atoms with Gasteiger partial charge in [0.25, 0.3) is 0 Å². The quantitative estimate of drug-likeness (QED) is 0.818. The molecule has 1 amide bonds. The van der Waals surface area contributed by atoms with Crippen molar-refractivity contribution in [3.63, 3.8) is 0 Å². The predicted molar refractivity (Wildman–Crippen MR) is 83.3 cm³/mol. The summed E-state index contributed by atoms with van der Waals surface area (Å²) in [5.41, 5.74) is 2.15. The van der Waals surface area contributed by atoms with Crippen molar-refractivity contribution in [3.8, 4) is 0 Å². The van der Waals surface area contributed by atoms with Crippen LogP contribution in [0.5, 0.6) is 0 Å². The molecule has 1 aliphatic rings. The maximum atomic E-state index is 11.7. The fourth-order valence-electron chi connectivity index (χ4n) is 2.42. The van der Waals surface area contributed by atoms with E-state index in [0.717, 1.165) is 55.3 Å². The van der Waals surface area contributed by atoms with E-state index >= 15 is 0 Å². The number of carbonyl (C=O) groups excluding carboxylic acids is 1. The van der Waals surface area contributed by atoms with Crippen LogP contribution in [-0.4, -0.2) is 32.1 Å². The molecule has 2 rings (SSSR count). The third-order valence-electron chi connectivity index (χ3n) is 3.42. The van der Waals surface area contributed by atoms with Crippen LogP contribution in [0.1, 0.15) is 25.3 Å². The highest BCUT2D eigenvalue weighted by atomic mass is 35.5. The molecule has 1 saturated heterocycles. The van der Waals surface area contributed by atoms with E-state index in [2.05, 4.69) is 22.5 Å². The Morgan fingerprint density at radius 2 is 2.30 bits per heavy atom. The number of benzene rings is 1. The first-order valence-corrected chi connectivity index (χ1v) is 7.60. The summed E-state index contributed by atoms with van der Waals surface area (Å²) in [6, 6.07) is 5.91. The summed E-state index contributed by atoms with van der Waals surface area (Å²) in [6.07, 6.45) is 2.05. The normalized spacial score (nSPS) is 15.9. The van der Waals surface area contributed by atoms with Gasteiger partial charge in [-0.05, 0) is 31.5 Å². The summed E-state index contributed by atoms with van der Waals surface area (Å²) >= 11 is 6.34. The molecule has 0 radical (unpaired) electrons. The van der Waals surface area contributed by atoms with E-state index in [4.69, 9.17) is 11.6 Å². The first-order chi connectivity index (χ1) is 9.72. The Balaban J connectivity index is 2.20. The fourth-order valence-corrected chi connectivity index (χ4v) is 2.66. The van der Waals surface area contributed by atoms with Gasteiger partial charge >= 0.3 is 0 Å². The molecule has 1 aliphatic heterocycles. The van der Waals surface area contributed by atoms with Crippen molar-refractivity contribution in [1.82, 2.24) is 10.6 Å². The van der Waals surface area contributed by atoms with Gasteiger partial charge in [0.05, 0.1) is 6.54 Å². The van der Waals surface area contributed by atoms with E-state index in [1.165, 1.54) is 0 Å². The second-order valence-corrected chi connectivity index (χ2v) is 5.45. The molecule has 0 unspecified atom stereocenters. The zero-order valence-corrected chi connectivity index (χ0v) is 12.7. The molecule has 1 aromatic rings. The summed E-state index contributed by atoms with van der Waals surface area (Å²) in [5.74, 6) is 0.0787. The number of nitrogens with one attached hydrogen (secondary N) is 2. The lowest BCUT2D eigenvalue weighted by Gasteiger charge is -2.25. The van der Waals surface area contributed by atoms with Gasteiger partial charge in [0, 0.05) is 35.9 Å². The van der Waals surface area contributed by atoms with Crippen molar-refractivity contribution in [2.75, 3.05) is 31.1 Å². The van der Waals surface area contributed by atoms with E-state index < -0.39 is 0 Å². The number of anilines is 1. The van der Waals surface area contributed by atoms with Crippen LogP contribution >= 0.6 is 11.6 Å². The Bertz CT molecular complexity index is 464. The van der Waals surface area contributed by atoms with Gasteiger partial charge in [0.15, 0.2) is 0 Å². The van der Waals surface area contributed by atoms with Crippen molar-refractivity contribution in [2.45, 2.75) is 26.3 Å². The fraction of sp³-hybridized carbons (Fsp3) is 0.533. The zero-order chi connectivity index (χ0) is 14.4. The molecule has 0 spiro atoms. The minimum absolute atomic E-state index is 0.0787. The lowest BCUT2D eigenvalue weighted by Crippen LogP contribution is -2.34. The molecule has 1 fully saturated rings. The molecule has 0 aromatic heterocycles. The smallest absolute Gasteiger partial charge is 0.239 e. The molecule has 0 atom stereocenters. The predicted octanol–water partition coefficient (Wildman–Crippen LogP) is 2.17. The molecular weight excluding hydrogens is 274 g/mol. The molecule has 1 heterocycles. The second-order valence-electron chi connectivity index (χ2n) is 5.04. The van der Waals surface area contributed by atoms with Crippen LogP contribution in [0.3, 0.4) is 0 Å². The van der Waals surface area contributed by atoms with Crippen LogP contribution in [0.25, 0.3) is 0 Å². The Labute approximate surface area is 125 Å². The molecule has 0 aliphatic carbocycles. The number of rotatable bonds is 5. The summed E-state index contributed by atoms with van der Waals surface area (Å²) < 4.78 is 0. The Morgan fingerprint density at radius 1 is 1.45 bits per heavy atom. The Morgan fingerprint density at radius 3 is 3.10 bits per heavy atom. The summed E-state index contributed by atoms with van der Waals surface area (Å²) in [5, 5.41) is 7.05. The van der Waals surface area contributed by atoms with Crippen molar-refractivity contribution in [1.29, 1.82) is 0 Å². The highest BCUT2D eigenvalue weighted by Gasteiger charge is 2.18. The average molecular weight is 296 g/mol. The topological polar surface area (TPSA) is 44.4 Å². The van der Waals surface area contributed by atoms with Crippen molar-refractivity contribution >= 4 is 23.2 Å². The second kappa shape index (κ2) is 7.50.